The van der Waals surface area contributed by atoms with E-state index in [9.17, 15) is 4.39 Å². The average Bonchev–Trinajstić information content (AvgIpc) is 2.45. The molecule has 0 aliphatic rings. The first-order valence-corrected chi connectivity index (χ1v) is 8.97. The maximum Gasteiger partial charge on any atom is 0.124 e. The molecule has 21 heavy (non-hydrogen) atoms. The normalized spacial score (nSPS) is 12.4. The average molecular weight is 368 g/mol. The minimum absolute atomic E-state index is 0.187. The van der Waals surface area contributed by atoms with Gasteiger partial charge in [0.25, 0.3) is 0 Å². The van der Waals surface area contributed by atoms with Crippen LogP contribution in [-0.2, 0) is 6.42 Å². The molecule has 112 valence electrons. The Labute approximate surface area is 138 Å². The predicted molar refractivity (Wildman–Crippen MR) is 92.4 cm³/mol. The first-order chi connectivity index (χ1) is 10.1. The monoisotopic (exact) mass is 367 g/mol. The number of likely N-dealkylation sites (N-methyl/N-ethyl adjacent to an activating group) is 1. The third-order valence-corrected chi connectivity index (χ3v) is 4.60. The number of hydrogen-bond donors (Lipinski definition) is 1. The van der Waals surface area contributed by atoms with Crippen molar-refractivity contribution in [2.75, 3.05) is 12.8 Å². The van der Waals surface area contributed by atoms with Crippen molar-refractivity contribution in [2.24, 2.45) is 0 Å². The van der Waals surface area contributed by atoms with Crippen molar-refractivity contribution in [1.29, 1.82) is 0 Å². The summed E-state index contributed by atoms with van der Waals surface area (Å²) in [6, 6.07) is 13.7. The summed E-state index contributed by atoms with van der Waals surface area (Å²) >= 11 is 5.10. The first-order valence-electron chi connectivity index (χ1n) is 6.95. The van der Waals surface area contributed by atoms with Gasteiger partial charge in [-0.25, -0.2) is 4.39 Å². The van der Waals surface area contributed by atoms with E-state index in [4.69, 9.17) is 0 Å². The molecule has 1 N–H and O–H groups in total. The number of thioether (sulfide) groups is 1. The molecule has 0 aromatic heterocycles. The number of benzene rings is 2. The van der Waals surface area contributed by atoms with Crippen molar-refractivity contribution in [3.05, 3.63) is 63.9 Å². The third-order valence-electron chi connectivity index (χ3n) is 3.33. The second kappa shape index (κ2) is 7.97. The van der Waals surface area contributed by atoms with Crippen LogP contribution in [0.5, 0.6) is 0 Å². The molecular weight excluding hydrogens is 349 g/mol. The predicted octanol–water partition coefficient (Wildman–Crippen LogP) is 5.20. The van der Waals surface area contributed by atoms with Gasteiger partial charge in [-0.3, -0.25) is 0 Å². The topological polar surface area (TPSA) is 12.0 Å². The molecule has 4 heteroatoms. The Balaban J connectivity index is 2.30. The lowest BCUT2D eigenvalue weighted by Crippen LogP contribution is -2.23. The zero-order chi connectivity index (χ0) is 15.2. The van der Waals surface area contributed by atoms with Crippen LogP contribution >= 0.6 is 27.7 Å². The summed E-state index contributed by atoms with van der Waals surface area (Å²) in [5.41, 5.74) is 2.26. The quantitative estimate of drug-likeness (QED) is 0.703. The summed E-state index contributed by atoms with van der Waals surface area (Å²) in [5.74, 6) is -0.201. The van der Waals surface area contributed by atoms with E-state index < -0.39 is 0 Å². The standard InChI is InChI=1S/C17H19BrFNS/c1-3-20-16(15-6-4-5-7-17(15)21-2)10-12-8-13(18)11-14(19)9-12/h4-9,11,16,20H,3,10H2,1-2H3. The molecule has 2 aromatic rings. The molecule has 2 aromatic carbocycles. The van der Waals surface area contributed by atoms with Crippen molar-refractivity contribution in [1.82, 2.24) is 5.32 Å². The highest BCUT2D eigenvalue weighted by molar-refractivity contribution is 9.10. The smallest absolute Gasteiger partial charge is 0.124 e. The lowest BCUT2D eigenvalue weighted by atomic mass is 9.98. The lowest BCUT2D eigenvalue weighted by molar-refractivity contribution is 0.539. The molecule has 0 aliphatic heterocycles. The lowest BCUT2D eigenvalue weighted by Gasteiger charge is -2.21. The van der Waals surface area contributed by atoms with Crippen LogP contribution in [0.15, 0.2) is 51.8 Å². The van der Waals surface area contributed by atoms with Crippen molar-refractivity contribution in [2.45, 2.75) is 24.3 Å². The molecule has 0 saturated heterocycles. The van der Waals surface area contributed by atoms with Gasteiger partial charge in [0.15, 0.2) is 0 Å². The summed E-state index contributed by atoms with van der Waals surface area (Å²) < 4.78 is 14.3. The number of halogens is 2. The maximum atomic E-state index is 13.6. The molecule has 0 spiro atoms. The highest BCUT2D eigenvalue weighted by atomic mass is 79.9. The van der Waals surface area contributed by atoms with Gasteiger partial charge in [-0.05, 0) is 54.6 Å². The van der Waals surface area contributed by atoms with Crippen LogP contribution in [0.2, 0.25) is 0 Å². The molecule has 0 bridgehead atoms. The molecule has 0 heterocycles. The molecule has 1 unspecified atom stereocenters. The highest BCUT2D eigenvalue weighted by Gasteiger charge is 2.15. The molecule has 1 nitrogen and oxygen atoms in total. The van der Waals surface area contributed by atoms with Gasteiger partial charge < -0.3 is 5.32 Å². The zero-order valence-electron chi connectivity index (χ0n) is 12.2. The molecule has 0 saturated carbocycles. The largest absolute Gasteiger partial charge is 0.310 e. The van der Waals surface area contributed by atoms with E-state index in [0.717, 1.165) is 23.0 Å². The summed E-state index contributed by atoms with van der Waals surface area (Å²) in [7, 11) is 0. The second-order valence-corrected chi connectivity index (χ2v) is 6.60. The van der Waals surface area contributed by atoms with Crippen LogP contribution < -0.4 is 5.32 Å². The summed E-state index contributed by atoms with van der Waals surface area (Å²) in [4.78, 5) is 1.26. The summed E-state index contributed by atoms with van der Waals surface area (Å²) in [5, 5.41) is 3.51. The van der Waals surface area contributed by atoms with Gasteiger partial charge in [0.1, 0.15) is 5.82 Å². The molecule has 0 radical (unpaired) electrons. The number of rotatable bonds is 6. The number of hydrogen-bond acceptors (Lipinski definition) is 2. The van der Waals surface area contributed by atoms with Gasteiger partial charge in [-0.15, -0.1) is 11.8 Å². The van der Waals surface area contributed by atoms with Gasteiger partial charge in [0.05, 0.1) is 0 Å². The Kier molecular flexibility index (Phi) is 6.27. The third kappa shape index (κ3) is 4.56. The van der Waals surface area contributed by atoms with Gasteiger partial charge in [-0.1, -0.05) is 41.1 Å². The van der Waals surface area contributed by atoms with Gasteiger partial charge in [-0.2, -0.15) is 0 Å². The minimum Gasteiger partial charge on any atom is -0.310 e. The summed E-state index contributed by atoms with van der Waals surface area (Å²) in [6.07, 6.45) is 2.85. The Hall–Kier alpha value is -0.840. The van der Waals surface area contributed by atoms with E-state index in [-0.39, 0.29) is 11.9 Å². The van der Waals surface area contributed by atoms with Gasteiger partial charge in [0, 0.05) is 15.4 Å². The van der Waals surface area contributed by atoms with Crippen LogP contribution in [0.1, 0.15) is 24.1 Å². The Morgan fingerprint density at radius 2 is 2.00 bits per heavy atom. The zero-order valence-corrected chi connectivity index (χ0v) is 14.6. The SMILES string of the molecule is CCNC(Cc1cc(F)cc(Br)c1)c1ccccc1SC. The summed E-state index contributed by atoms with van der Waals surface area (Å²) in [6.45, 7) is 2.97. The highest BCUT2D eigenvalue weighted by Crippen LogP contribution is 2.29. The van der Waals surface area contributed by atoms with Crippen molar-refractivity contribution in [3.8, 4) is 0 Å². The van der Waals surface area contributed by atoms with E-state index in [1.165, 1.54) is 16.5 Å². The molecule has 1 atom stereocenters. The van der Waals surface area contributed by atoms with Crippen LogP contribution in [-0.4, -0.2) is 12.8 Å². The first kappa shape index (κ1) is 16.5. The molecule has 0 aliphatic carbocycles. The van der Waals surface area contributed by atoms with E-state index in [2.05, 4.69) is 58.7 Å². The minimum atomic E-state index is -0.201. The fraction of sp³-hybridized carbons (Fsp3) is 0.294. The van der Waals surface area contributed by atoms with E-state index >= 15 is 0 Å². The second-order valence-electron chi connectivity index (χ2n) is 4.83. The maximum absolute atomic E-state index is 13.6. The van der Waals surface area contributed by atoms with Crippen molar-refractivity contribution >= 4 is 27.7 Å². The van der Waals surface area contributed by atoms with Crippen LogP contribution in [0, 0.1) is 5.82 Å². The van der Waals surface area contributed by atoms with Crippen LogP contribution in [0.4, 0.5) is 4.39 Å². The van der Waals surface area contributed by atoms with Crippen molar-refractivity contribution in [3.63, 3.8) is 0 Å². The Morgan fingerprint density at radius 3 is 2.67 bits per heavy atom. The Bertz CT molecular complexity index is 583. The van der Waals surface area contributed by atoms with Crippen LogP contribution in [0.25, 0.3) is 0 Å². The van der Waals surface area contributed by atoms with E-state index in [1.54, 1.807) is 17.8 Å². The fourth-order valence-corrected chi connectivity index (χ4v) is 3.63. The molecular formula is C17H19BrFNS. The number of nitrogens with one attached hydrogen (secondary N) is 1. The van der Waals surface area contributed by atoms with Gasteiger partial charge in [0.2, 0.25) is 0 Å². The molecule has 2 rings (SSSR count). The van der Waals surface area contributed by atoms with Crippen molar-refractivity contribution < 1.29 is 4.39 Å². The van der Waals surface area contributed by atoms with Crippen LogP contribution in [0.3, 0.4) is 0 Å². The fourth-order valence-electron chi connectivity index (χ4n) is 2.46. The van der Waals surface area contributed by atoms with E-state index in [0.29, 0.717) is 0 Å². The molecule has 0 fully saturated rings. The Morgan fingerprint density at radius 1 is 1.24 bits per heavy atom. The molecule has 0 amide bonds. The van der Waals surface area contributed by atoms with Gasteiger partial charge >= 0.3 is 0 Å². The van der Waals surface area contributed by atoms with E-state index in [1.807, 2.05) is 6.07 Å².